The van der Waals surface area contributed by atoms with Gasteiger partial charge in [-0.05, 0) is 56.2 Å². The Morgan fingerprint density at radius 1 is 1.05 bits per heavy atom. The predicted octanol–water partition coefficient (Wildman–Crippen LogP) is 3.74. The number of hydrogen-bond donors (Lipinski definition) is 0. The van der Waals surface area contributed by atoms with Crippen molar-refractivity contribution in [3.05, 3.63) is 59.7 Å². The standard InChI is InChI=1S/C18H21NO2/c1-4-19(16-9-5-7-14(2)11-16)18(20)13-21-17-10-6-8-15(3)12-17/h5-12H,4,13H2,1-3H3. The maximum absolute atomic E-state index is 12.3. The second-order valence-electron chi connectivity index (χ2n) is 5.08. The third-order valence-electron chi connectivity index (χ3n) is 3.28. The Morgan fingerprint density at radius 2 is 1.71 bits per heavy atom. The van der Waals surface area contributed by atoms with Crippen LogP contribution in [-0.4, -0.2) is 19.1 Å². The van der Waals surface area contributed by atoms with E-state index in [2.05, 4.69) is 0 Å². The van der Waals surface area contributed by atoms with Crippen LogP contribution in [0.25, 0.3) is 0 Å². The Balaban J connectivity index is 2.04. The average molecular weight is 283 g/mol. The number of rotatable bonds is 5. The Labute approximate surface area is 126 Å². The molecule has 0 fully saturated rings. The highest BCUT2D eigenvalue weighted by atomic mass is 16.5. The topological polar surface area (TPSA) is 29.5 Å². The predicted molar refractivity (Wildman–Crippen MR) is 85.9 cm³/mol. The number of carbonyl (C=O) groups is 1. The van der Waals surface area contributed by atoms with Crippen LogP contribution in [0.3, 0.4) is 0 Å². The van der Waals surface area contributed by atoms with Crippen LogP contribution in [-0.2, 0) is 4.79 Å². The second-order valence-corrected chi connectivity index (χ2v) is 5.08. The normalized spacial score (nSPS) is 10.2. The van der Waals surface area contributed by atoms with Crippen LogP contribution >= 0.6 is 0 Å². The largest absolute Gasteiger partial charge is 0.484 e. The van der Waals surface area contributed by atoms with Gasteiger partial charge in [0.2, 0.25) is 0 Å². The maximum atomic E-state index is 12.3. The summed E-state index contributed by atoms with van der Waals surface area (Å²) in [7, 11) is 0. The highest BCUT2D eigenvalue weighted by molar-refractivity contribution is 5.94. The van der Waals surface area contributed by atoms with Gasteiger partial charge in [-0.2, -0.15) is 0 Å². The van der Waals surface area contributed by atoms with Crippen molar-refractivity contribution < 1.29 is 9.53 Å². The highest BCUT2D eigenvalue weighted by Crippen LogP contribution is 2.17. The Bertz CT molecular complexity index is 622. The summed E-state index contributed by atoms with van der Waals surface area (Å²) >= 11 is 0. The van der Waals surface area contributed by atoms with Crippen LogP contribution in [0.1, 0.15) is 18.1 Å². The lowest BCUT2D eigenvalue weighted by Crippen LogP contribution is -2.34. The molecule has 0 aliphatic carbocycles. The summed E-state index contributed by atoms with van der Waals surface area (Å²) < 4.78 is 5.59. The van der Waals surface area contributed by atoms with Gasteiger partial charge in [0, 0.05) is 12.2 Å². The molecule has 0 N–H and O–H groups in total. The molecule has 0 aliphatic heterocycles. The molecule has 0 radical (unpaired) electrons. The zero-order valence-electron chi connectivity index (χ0n) is 12.8. The van der Waals surface area contributed by atoms with Crippen LogP contribution in [0, 0.1) is 13.8 Å². The minimum absolute atomic E-state index is 0.0374. The number of benzene rings is 2. The van der Waals surface area contributed by atoms with Crippen LogP contribution in [0.5, 0.6) is 5.75 Å². The summed E-state index contributed by atoms with van der Waals surface area (Å²) in [5.41, 5.74) is 3.17. The van der Waals surface area contributed by atoms with E-state index in [0.717, 1.165) is 22.6 Å². The molecule has 0 heterocycles. The van der Waals surface area contributed by atoms with Crippen LogP contribution in [0.4, 0.5) is 5.69 Å². The minimum atomic E-state index is -0.0374. The van der Waals surface area contributed by atoms with Gasteiger partial charge >= 0.3 is 0 Å². The van der Waals surface area contributed by atoms with Gasteiger partial charge in [-0.25, -0.2) is 0 Å². The number of amides is 1. The minimum Gasteiger partial charge on any atom is -0.484 e. The Hall–Kier alpha value is -2.29. The van der Waals surface area contributed by atoms with Crippen LogP contribution in [0.15, 0.2) is 48.5 Å². The molecule has 0 bridgehead atoms. The molecule has 2 aromatic carbocycles. The quantitative estimate of drug-likeness (QED) is 0.836. The lowest BCUT2D eigenvalue weighted by molar-refractivity contribution is -0.120. The Kier molecular flexibility index (Phi) is 4.99. The lowest BCUT2D eigenvalue weighted by atomic mass is 10.2. The monoisotopic (exact) mass is 283 g/mol. The van der Waals surface area contributed by atoms with Gasteiger partial charge in [-0.1, -0.05) is 24.3 Å². The molecule has 0 aromatic heterocycles. The lowest BCUT2D eigenvalue weighted by Gasteiger charge is -2.21. The summed E-state index contributed by atoms with van der Waals surface area (Å²) in [6, 6.07) is 15.6. The van der Waals surface area contributed by atoms with E-state index >= 15 is 0 Å². The van der Waals surface area contributed by atoms with Crippen molar-refractivity contribution >= 4 is 11.6 Å². The van der Waals surface area contributed by atoms with E-state index in [1.54, 1.807) is 4.90 Å². The Morgan fingerprint density at radius 3 is 2.33 bits per heavy atom. The molecule has 21 heavy (non-hydrogen) atoms. The fourth-order valence-corrected chi connectivity index (χ4v) is 2.23. The molecule has 3 heteroatoms. The average Bonchev–Trinajstić information content (AvgIpc) is 2.46. The summed E-state index contributed by atoms with van der Waals surface area (Å²) in [5.74, 6) is 0.688. The summed E-state index contributed by atoms with van der Waals surface area (Å²) in [6.45, 7) is 6.66. The van der Waals surface area contributed by atoms with Gasteiger partial charge in [-0.15, -0.1) is 0 Å². The number of carbonyl (C=O) groups excluding carboxylic acids is 1. The van der Waals surface area contributed by atoms with Gasteiger partial charge in [0.25, 0.3) is 5.91 Å². The number of anilines is 1. The third kappa shape index (κ3) is 4.09. The fraction of sp³-hybridized carbons (Fsp3) is 0.278. The summed E-state index contributed by atoms with van der Waals surface area (Å²) in [6.07, 6.45) is 0. The first-order chi connectivity index (χ1) is 10.1. The first kappa shape index (κ1) is 15.1. The van der Waals surface area contributed by atoms with Gasteiger partial charge in [0.05, 0.1) is 0 Å². The van der Waals surface area contributed by atoms with Gasteiger partial charge in [0.15, 0.2) is 6.61 Å². The van der Waals surface area contributed by atoms with Crippen molar-refractivity contribution in [3.8, 4) is 5.75 Å². The molecule has 2 rings (SSSR count). The molecule has 2 aromatic rings. The van der Waals surface area contributed by atoms with Crippen molar-refractivity contribution in [1.82, 2.24) is 0 Å². The summed E-state index contributed by atoms with van der Waals surface area (Å²) in [5, 5.41) is 0. The first-order valence-electron chi connectivity index (χ1n) is 7.16. The van der Waals surface area contributed by atoms with E-state index in [1.165, 1.54) is 0 Å². The number of ether oxygens (including phenoxy) is 1. The van der Waals surface area contributed by atoms with Crippen LogP contribution < -0.4 is 9.64 Å². The fourth-order valence-electron chi connectivity index (χ4n) is 2.23. The molecule has 0 saturated carbocycles. The molecule has 0 spiro atoms. The number of aryl methyl sites for hydroxylation is 2. The molecule has 1 amide bonds. The molecule has 3 nitrogen and oxygen atoms in total. The SMILES string of the molecule is CCN(C(=O)COc1cccc(C)c1)c1cccc(C)c1. The molecule has 0 unspecified atom stereocenters. The zero-order chi connectivity index (χ0) is 15.2. The molecule has 0 atom stereocenters. The van der Waals surface area contributed by atoms with Crippen molar-refractivity contribution in [2.24, 2.45) is 0 Å². The van der Waals surface area contributed by atoms with E-state index in [9.17, 15) is 4.79 Å². The first-order valence-corrected chi connectivity index (χ1v) is 7.16. The van der Waals surface area contributed by atoms with E-state index in [4.69, 9.17) is 4.74 Å². The molecular formula is C18H21NO2. The summed E-state index contributed by atoms with van der Waals surface area (Å²) in [4.78, 5) is 14.1. The van der Waals surface area contributed by atoms with Crippen molar-refractivity contribution in [3.63, 3.8) is 0 Å². The maximum Gasteiger partial charge on any atom is 0.264 e. The van der Waals surface area contributed by atoms with Crippen molar-refractivity contribution in [1.29, 1.82) is 0 Å². The van der Waals surface area contributed by atoms with Crippen molar-refractivity contribution in [2.45, 2.75) is 20.8 Å². The zero-order valence-corrected chi connectivity index (χ0v) is 12.8. The van der Waals surface area contributed by atoms with Gasteiger partial charge in [0.1, 0.15) is 5.75 Å². The van der Waals surface area contributed by atoms with Crippen LogP contribution in [0.2, 0.25) is 0 Å². The van der Waals surface area contributed by atoms with E-state index in [1.807, 2.05) is 69.3 Å². The second kappa shape index (κ2) is 6.93. The van der Waals surface area contributed by atoms with Gasteiger partial charge in [-0.3, -0.25) is 4.79 Å². The van der Waals surface area contributed by atoms with E-state index in [-0.39, 0.29) is 12.5 Å². The van der Waals surface area contributed by atoms with E-state index < -0.39 is 0 Å². The molecule has 0 saturated heterocycles. The van der Waals surface area contributed by atoms with Gasteiger partial charge < -0.3 is 9.64 Å². The third-order valence-corrected chi connectivity index (χ3v) is 3.28. The molecular weight excluding hydrogens is 262 g/mol. The van der Waals surface area contributed by atoms with Crippen molar-refractivity contribution in [2.75, 3.05) is 18.1 Å². The number of nitrogens with zero attached hydrogens (tertiary/aromatic N) is 1. The smallest absolute Gasteiger partial charge is 0.264 e. The highest BCUT2D eigenvalue weighted by Gasteiger charge is 2.14. The number of likely N-dealkylation sites (N-methyl/N-ethyl adjacent to an activating group) is 1. The van der Waals surface area contributed by atoms with E-state index in [0.29, 0.717) is 6.54 Å². The molecule has 0 aliphatic rings. The molecule has 110 valence electrons. The number of hydrogen-bond acceptors (Lipinski definition) is 2.